The number of hydrogen-bond donors (Lipinski definition) is 2. The molecule has 4 atom stereocenters. The lowest BCUT2D eigenvalue weighted by Gasteiger charge is -2.34. The fourth-order valence-corrected chi connectivity index (χ4v) is 3.75. The minimum Gasteiger partial charge on any atom is -0.390 e. The molecule has 2 fully saturated rings. The van der Waals surface area contributed by atoms with Crippen LogP contribution in [-0.2, 0) is 4.79 Å². The summed E-state index contributed by atoms with van der Waals surface area (Å²) in [6, 6.07) is 0. The maximum Gasteiger partial charge on any atom is 0.161 e. The monoisotopic (exact) mass is 252 g/mol. The van der Waals surface area contributed by atoms with Gasteiger partial charge < -0.3 is 10.2 Å². The van der Waals surface area contributed by atoms with Crippen LogP contribution in [0.3, 0.4) is 0 Å². The fourth-order valence-electron chi connectivity index (χ4n) is 3.75. The van der Waals surface area contributed by atoms with Gasteiger partial charge in [0, 0.05) is 6.42 Å². The first-order chi connectivity index (χ1) is 8.15. The third-order valence-electron chi connectivity index (χ3n) is 4.93. The lowest BCUT2D eigenvalue weighted by molar-refractivity contribution is -0.121. The van der Waals surface area contributed by atoms with Gasteiger partial charge in [-0.25, -0.2) is 0 Å². The van der Waals surface area contributed by atoms with Gasteiger partial charge in [0.2, 0.25) is 0 Å². The van der Waals surface area contributed by atoms with Gasteiger partial charge in [0.05, 0.1) is 11.2 Å². The van der Waals surface area contributed by atoms with Crippen molar-refractivity contribution in [3.63, 3.8) is 0 Å². The molecule has 2 rings (SSSR count). The molecule has 0 spiro atoms. The second-order valence-corrected chi connectivity index (χ2v) is 6.75. The molecule has 2 saturated carbocycles. The Labute approximate surface area is 109 Å². The van der Waals surface area contributed by atoms with Crippen molar-refractivity contribution in [1.29, 1.82) is 0 Å². The number of hydrogen-bond acceptors (Lipinski definition) is 3. The quantitative estimate of drug-likeness (QED) is 0.650. The molecule has 0 radical (unpaired) electrons. The van der Waals surface area contributed by atoms with E-state index in [-0.39, 0.29) is 24.0 Å². The number of carbonyl (C=O) groups excluding carboxylic acids is 1. The van der Waals surface area contributed by atoms with E-state index in [0.717, 1.165) is 17.6 Å². The van der Waals surface area contributed by atoms with Crippen LogP contribution in [0.5, 0.6) is 0 Å². The first kappa shape index (κ1) is 13.8. The maximum absolute atomic E-state index is 12.2. The van der Waals surface area contributed by atoms with Crippen molar-refractivity contribution in [2.45, 2.75) is 64.6 Å². The normalized spacial score (nSPS) is 44.8. The smallest absolute Gasteiger partial charge is 0.161 e. The molecule has 18 heavy (non-hydrogen) atoms. The zero-order valence-electron chi connectivity index (χ0n) is 11.8. The molecule has 3 nitrogen and oxygen atoms in total. The summed E-state index contributed by atoms with van der Waals surface area (Å²) in [4.78, 5) is 12.2. The highest BCUT2D eigenvalue weighted by molar-refractivity contribution is 5.97. The molecule has 0 amide bonds. The third kappa shape index (κ3) is 2.14. The number of fused-ring (bicyclic) bond motifs is 1. The van der Waals surface area contributed by atoms with Crippen molar-refractivity contribution >= 4 is 5.78 Å². The van der Waals surface area contributed by atoms with E-state index in [0.29, 0.717) is 12.8 Å². The van der Waals surface area contributed by atoms with Crippen molar-refractivity contribution in [1.82, 2.24) is 0 Å². The van der Waals surface area contributed by atoms with Crippen LogP contribution in [0.1, 0.15) is 53.4 Å². The molecule has 102 valence electrons. The predicted octanol–water partition coefficient (Wildman–Crippen LogP) is 2.21. The SMILES string of the molecule is CC(C)=C1CC2C(CC[C@@]2(C)O)[C@@](C)(O)CC1=O. The van der Waals surface area contributed by atoms with E-state index in [1.807, 2.05) is 20.8 Å². The summed E-state index contributed by atoms with van der Waals surface area (Å²) in [7, 11) is 0. The summed E-state index contributed by atoms with van der Waals surface area (Å²) in [5.41, 5.74) is 0.0727. The highest BCUT2D eigenvalue weighted by Crippen LogP contribution is 2.51. The van der Waals surface area contributed by atoms with Gasteiger partial charge in [-0.15, -0.1) is 0 Å². The molecule has 0 aromatic heterocycles. The molecule has 0 bridgehead atoms. The number of allylic oxidation sites excluding steroid dienone is 2. The highest BCUT2D eigenvalue weighted by Gasteiger charge is 2.53. The van der Waals surface area contributed by atoms with E-state index in [1.165, 1.54) is 0 Å². The average molecular weight is 252 g/mol. The van der Waals surface area contributed by atoms with E-state index in [2.05, 4.69) is 0 Å². The molecule has 0 aromatic carbocycles. The number of carbonyl (C=O) groups is 1. The molecule has 3 heteroatoms. The van der Waals surface area contributed by atoms with Crippen LogP contribution in [0.15, 0.2) is 11.1 Å². The maximum atomic E-state index is 12.2. The summed E-state index contributed by atoms with van der Waals surface area (Å²) >= 11 is 0. The molecule has 2 aliphatic rings. The Hall–Kier alpha value is -0.670. The molecule has 0 aliphatic heterocycles. The van der Waals surface area contributed by atoms with Gasteiger partial charge in [-0.2, -0.15) is 0 Å². The van der Waals surface area contributed by atoms with Crippen molar-refractivity contribution in [3.8, 4) is 0 Å². The first-order valence-corrected chi connectivity index (χ1v) is 6.79. The zero-order valence-corrected chi connectivity index (χ0v) is 11.8. The summed E-state index contributed by atoms with van der Waals surface area (Å²) in [6.45, 7) is 7.46. The van der Waals surface area contributed by atoms with Crippen LogP contribution in [0.2, 0.25) is 0 Å². The Kier molecular flexibility index (Phi) is 3.19. The summed E-state index contributed by atoms with van der Waals surface area (Å²) in [5, 5.41) is 21.1. The van der Waals surface area contributed by atoms with E-state index >= 15 is 0 Å². The lowest BCUT2D eigenvalue weighted by Crippen LogP contribution is -2.41. The Morgan fingerprint density at radius 3 is 2.33 bits per heavy atom. The number of rotatable bonds is 0. The van der Waals surface area contributed by atoms with Crippen molar-refractivity contribution in [2.24, 2.45) is 11.8 Å². The largest absolute Gasteiger partial charge is 0.390 e. The Morgan fingerprint density at radius 2 is 1.78 bits per heavy atom. The molecule has 2 aliphatic carbocycles. The fraction of sp³-hybridized carbons (Fsp3) is 0.800. The van der Waals surface area contributed by atoms with Crippen LogP contribution in [-0.4, -0.2) is 27.2 Å². The second kappa shape index (κ2) is 4.17. The summed E-state index contributed by atoms with van der Waals surface area (Å²) in [5.74, 6) is 0.0577. The van der Waals surface area contributed by atoms with Gasteiger partial charge in [0.25, 0.3) is 0 Å². The van der Waals surface area contributed by atoms with Crippen molar-refractivity contribution in [3.05, 3.63) is 11.1 Å². The van der Waals surface area contributed by atoms with Crippen LogP contribution >= 0.6 is 0 Å². The van der Waals surface area contributed by atoms with Gasteiger partial charge in [-0.05, 0) is 64.4 Å². The zero-order chi connectivity index (χ0) is 13.7. The van der Waals surface area contributed by atoms with Crippen LogP contribution in [0.4, 0.5) is 0 Å². The number of aliphatic hydroxyl groups is 2. The van der Waals surface area contributed by atoms with E-state index in [1.54, 1.807) is 6.92 Å². The Bertz CT molecular complexity index is 400. The standard InChI is InChI=1S/C15H24O3/c1-9(2)10-7-12-11(5-6-14(12,3)17)15(4,18)8-13(10)16/h11-12,17-18H,5-8H2,1-4H3/t11?,12?,14-,15+/m1/s1. The second-order valence-electron chi connectivity index (χ2n) is 6.75. The molecule has 2 unspecified atom stereocenters. The van der Waals surface area contributed by atoms with Gasteiger partial charge in [-0.1, -0.05) is 5.57 Å². The van der Waals surface area contributed by atoms with Gasteiger partial charge in [0.15, 0.2) is 5.78 Å². The van der Waals surface area contributed by atoms with E-state index < -0.39 is 11.2 Å². The van der Waals surface area contributed by atoms with Crippen LogP contribution in [0.25, 0.3) is 0 Å². The Morgan fingerprint density at radius 1 is 1.17 bits per heavy atom. The average Bonchev–Trinajstić information content (AvgIpc) is 2.43. The summed E-state index contributed by atoms with van der Waals surface area (Å²) < 4.78 is 0. The topological polar surface area (TPSA) is 57.5 Å². The molecular weight excluding hydrogens is 228 g/mol. The van der Waals surface area contributed by atoms with Crippen molar-refractivity contribution in [2.75, 3.05) is 0 Å². The van der Waals surface area contributed by atoms with Gasteiger partial charge >= 0.3 is 0 Å². The van der Waals surface area contributed by atoms with Crippen molar-refractivity contribution < 1.29 is 15.0 Å². The lowest BCUT2D eigenvalue weighted by atomic mass is 9.76. The van der Waals surface area contributed by atoms with Crippen LogP contribution in [0, 0.1) is 11.8 Å². The molecule has 0 saturated heterocycles. The molecular formula is C15H24O3. The number of ketones is 1. The number of Topliss-reactive ketones (excluding diaryl/α,β-unsaturated/α-hetero) is 1. The molecule has 0 aromatic rings. The predicted molar refractivity (Wildman–Crippen MR) is 70.1 cm³/mol. The van der Waals surface area contributed by atoms with E-state index in [4.69, 9.17) is 0 Å². The highest BCUT2D eigenvalue weighted by atomic mass is 16.3. The minimum atomic E-state index is -0.987. The first-order valence-electron chi connectivity index (χ1n) is 6.79. The third-order valence-corrected chi connectivity index (χ3v) is 4.93. The van der Waals surface area contributed by atoms with Gasteiger partial charge in [-0.3, -0.25) is 4.79 Å². The molecule has 2 N–H and O–H groups in total. The van der Waals surface area contributed by atoms with Crippen LogP contribution < -0.4 is 0 Å². The molecule has 0 heterocycles. The summed E-state index contributed by atoms with van der Waals surface area (Å²) in [6.07, 6.45) is 2.30. The minimum absolute atomic E-state index is 0.0103. The van der Waals surface area contributed by atoms with E-state index in [9.17, 15) is 15.0 Å². The Balaban J connectivity index is 2.45. The van der Waals surface area contributed by atoms with Gasteiger partial charge in [0.1, 0.15) is 0 Å².